The zero-order valence-corrected chi connectivity index (χ0v) is 17.1. The average Bonchev–Trinajstić information content (AvgIpc) is 3.23. The van der Waals surface area contributed by atoms with Gasteiger partial charge in [-0.25, -0.2) is 9.48 Å². The second-order valence-electron chi connectivity index (χ2n) is 6.17. The van der Waals surface area contributed by atoms with Crippen molar-refractivity contribution in [2.45, 2.75) is 12.2 Å². The van der Waals surface area contributed by atoms with Crippen LogP contribution in [-0.4, -0.2) is 28.8 Å². The number of nitrogens with zero attached hydrogens (tertiary/aromatic N) is 2. The van der Waals surface area contributed by atoms with Crippen LogP contribution in [-0.2, 0) is 15.7 Å². The Morgan fingerprint density at radius 2 is 1.70 bits per heavy atom. The first kappa shape index (κ1) is 21.6. The van der Waals surface area contributed by atoms with Crippen molar-refractivity contribution >= 4 is 27.8 Å². The van der Waals surface area contributed by atoms with E-state index < -0.39 is 29.8 Å². The van der Waals surface area contributed by atoms with Crippen LogP contribution in [0.3, 0.4) is 0 Å². The topological polar surface area (TPSA) is 73.2 Å². The second kappa shape index (κ2) is 8.70. The third kappa shape index (κ3) is 4.88. The zero-order chi connectivity index (χ0) is 21.9. The maximum atomic E-state index is 12.7. The number of aromatic nitrogens is 2. The van der Waals surface area contributed by atoms with Gasteiger partial charge in [-0.1, -0.05) is 28.1 Å². The Morgan fingerprint density at radius 3 is 2.23 bits per heavy atom. The van der Waals surface area contributed by atoms with Gasteiger partial charge in [-0.05, 0) is 48.0 Å². The lowest BCUT2D eigenvalue weighted by atomic mass is 10.1. The van der Waals surface area contributed by atoms with Gasteiger partial charge in [0, 0.05) is 16.2 Å². The lowest BCUT2D eigenvalue weighted by Crippen LogP contribution is -2.34. The summed E-state index contributed by atoms with van der Waals surface area (Å²) in [5.41, 5.74) is 0.0819. The molecule has 1 aromatic heterocycles. The molecule has 0 bridgehead atoms. The molecule has 0 saturated carbocycles. The molecular weight excluding hydrogens is 467 g/mol. The summed E-state index contributed by atoms with van der Waals surface area (Å²) in [6, 6.07) is 12.4. The van der Waals surface area contributed by atoms with Crippen LogP contribution in [0.2, 0.25) is 0 Å². The molecule has 1 N–H and O–H groups in total. The van der Waals surface area contributed by atoms with Crippen LogP contribution < -0.4 is 5.32 Å². The molecule has 30 heavy (non-hydrogen) atoms. The van der Waals surface area contributed by atoms with E-state index >= 15 is 0 Å². The molecule has 1 atom stereocenters. The van der Waals surface area contributed by atoms with Crippen molar-refractivity contribution in [1.29, 1.82) is 0 Å². The highest BCUT2D eigenvalue weighted by Crippen LogP contribution is 2.28. The molecule has 1 heterocycles. The third-order valence-electron chi connectivity index (χ3n) is 4.19. The molecule has 0 radical (unpaired) electrons. The van der Waals surface area contributed by atoms with E-state index in [0.717, 1.165) is 15.2 Å². The van der Waals surface area contributed by atoms with E-state index in [1.807, 2.05) is 0 Å². The van der Waals surface area contributed by atoms with E-state index in [4.69, 9.17) is 4.74 Å². The molecular formula is C20H15BrF3N3O3. The predicted octanol–water partition coefficient (Wildman–Crippen LogP) is 4.30. The summed E-state index contributed by atoms with van der Waals surface area (Å²) >= 11 is 3.30. The average molecular weight is 482 g/mol. The van der Waals surface area contributed by atoms with Crippen molar-refractivity contribution < 1.29 is 27.5 Å². The fourth-order valence-electron chi connectivity index (χ4n) is 2.65. The number of halogens is 4. The molecule has 3 rings (SSSR count). The Balaban J connectivity index is 1.78. The number of carbonyl (C=O) groups excluding carboxylic acids is 2. The zero-order valence-electron chi connectivity index (χ0n) is 15.5. The summed E-state index contributed by atoms with van der Waals surface area (Å²) < 4.78 is 44.7. The minimum Gasteiger partial charge on any atom is -0.467 e. The van der Waals surface area contributed by atoms with E-state index in [-0.39, 0.29) is 5.56 Å². The van der Waals surface area contributed by atoms with Crippen molar-refractivity contribution in [3.05, 3.63) is 82.1 Å². The molecule has 0 fully saturated rings. The Labute approximate surface area is 177 Å². The first-order valence-corrected chi connectivity index (χ1v) is 9.36. The van der Waals surface area contributed by atoms with Crippen LogP contribution in [0, 0.1) is 0 Å². The summed E-state index contributed by atoms with van der Waals surface area (Å²) in [4.78, 5) is 24.7. The normalized spacial score (nSPS) is 12.3. The molecule has 0 saturated heterocycles. The fraction of sp³-hybridized carbons (Fsp3) is 0.150. The molecule has 10 heteroatoms. The number of alkyl halides is 3. The van der Waals surface area contributed by atoms with Gasteiger partial charge in [0.2, 0.25) is 0 Å². The van der Waals surface area contributed by atoms with Crippen LogP contribution in [0.1, 0.15) is 27.7 Å². The number of nitrogens with one attached hydrogen (secondary N) is 1. The molecule has 0 aliphatic rings. The van der Waals surface area contributed by atoms with Gasteiger partial charge >= 0.3 is 12.1 Å². The largest absolute Gasteiger partial charge is 0.467 e. The monoisotopic (exact) mass is 481 g/mol. The third-order valence-corrected chi connectivity index (χ3v) is 4.72. The molecule has 2 aromatic carbocycles. The molecule has 1 unspecified atom stereocenters. The van der Waals surface area contributed by atoms with Gasteiger partial charge in [0.1, 0.15) is 0 Å². The lowest BCUT2D eigenvalue weighted by molar-refractivity contribution is -0.143. The number of ether oxygens (including phenoxy) is 1. The number of esters is 1. The van der Waals surface area contributed by atoms with Crippen molar-refractivity contribution in [3.8, 4) is 5.69 Å². The van der Waals surface area contributed by atoms with E-state index in [9.17, 15) is 22.8 Å². The predicted molar refractivity (Wildman–Crippen MR) is 105 cm³/mol. The van der Waals surface area contributed by atoms with Gasteiger partial charge in [-0.2, -0.15) is 18.3 Å². The fourth-order valence-corrected chi connectivity index (χ4v) is 2.91. The molecule has 1 amide bonds. The Kier molecular flexibility index (Phi) is 6.25. The summed E-state index contributed by atoms with van der Waals surface area (Å²) in [6.45, 7) is 0. The maximum absolute atomic E-state index is 12.7. The van der Waals surface area contributed by atoms with E-state index in [1.54, 1.807) is 24.3 Å². The van der Waals surface area contributed by atoms with Gasteiger partial charge in [-0.15, -0.1) is 0 Å². The molecule has 156 valence electrons. The Morgan fingerprint density at radius 1 is 1.07 bits per heavy atom. The van der Waals surface area contributed by atoms with Crippen LogP contribution in [0.15, 0.2) is 65.3 Å². The minimum absolute atomic E-state index is 0.216. The molecule has 0 aliphatic carbocycles. The van der Waals surface area contributed by atoms with Gasteiger partial charge in [0.15, 0.2) is 11.7 Å². The van der Waals surface area contributed by atoms with Crippen LogP contribution in [0.25, 0.3) is 5.69 Å². The highest BCUT2D eigenvalue weighted by molar-refractivity contribution is 9.10. The minimum atomic E-state index is -4.54. The van der Waals surface area contributed by atoms with E-state index in [1.165, 1.54) is 37.6 Å². The lowest BCUT2D eigenvalue weighted by Gasteiger charge is -2.17. The van der Waals surface area contributed by atoms with Crippen molar-refractivity contribution in [2.75, 3.05) is 7.11 Å². The van der Waals surface area contributed by atoms with Gasteiger partial charge in [0.05, 0.1) is 12.8 Å². The molecule has 0 aliphatic heterocycles. The highest BCUT2D eigenvalue weighted by atomic mass is 79.9. The summed E-state index contributed by atoms with van der Waals surface area (Å²) in [7, 11) is 1.22. The number of methoxy groups -OCH3 is 1. The Bertz CT molecular complexity index is 1050. The first-order valence-electron chi connectivity index (χ1n) is 8.56. The quantitative estimate of drug-likeness (QED) is 0.551. The number of amides is 1. The SMILES string of the molecule is COC(=O)C(NC(=O)c1ccc(-n2ccc(C(F)(F)F)n2)cc1)c1ccc(Br)cc1. The number of hydrogen-bond donors (Lipinski definition) is 1. The summed E-state index contributed by atoms with van der Waals surface area (Å²) in [6.07, 6.45) is -3.36. The first-order chi connectivity index (χ1) is 14.2. The van der Waals surface area contributed by atoms with Gasteiger partial charge in [0.25, 0.3) is 5.91 Å². The molecule has 3 aromatic rings. The number of hydrogen-bond acceptors (Lipinski definition) is 4. The smallest absolute Gasteiger partial charge is 0.435 e. The van der Waals surface area contributed by atoms with E-state index in [0.29, 0.717) is 11.3 Å². The van der Waals surface area contributed by atoms with Crippen molar-refractivity contribution in [3.63, 3.8) is 0 Å². The molecule has 6 nitrogen and oxygen atoms in total. The number of rotatable bonds is 5. The van der Waals surface area contributed by atoms with Crippen LogP contribution in [0.4, 0.5) is 13.2 Å². The summed E-state index contributed by atoms with van der Waals surface area (Å²) in [5, 5.41) is 6.08. The van der Waals surface area contributed by atoms with Crippen LogP contribution >= 0.6 is 15.9 Å². The maximum Gasteiger partial charge on any atom is 0.435 e. The van der Waals surface area contributed by atoms with Crippen LogP contribution in [0.5, 0.6) is 0 Å². The summed E-state index contributed by atoms with van der Waals surface area (Å²) in [5.74, 6) is -1.19. The van der Waals surface area contributed by atoms with Crippen molar-refractivity contribution in [2.24, 2.45) is 0 Å². The Hall–Kier alpha value is -3.14. The second-order valence-corrected chi connectivity index (χ2v) is 7.09. The molecule has 0 spiro atoms. The van der Waals surface area contributed by atoms with Gasteiger partial charge < -0.3 is 10.1 Å². The highest BCUT2D eigenvalue weighted by Gasteiger charge is 2.33. The number of benzene rings is 2. The van der Waals surface area contributed by atoms with Crippen molar-refractivity contribution in [1.82, 2.24) is 15.1 Å². The number of carbonyl (C=O) groups is 2. The van der Waals surface area contributed by atoms with Gasteiger partial charge in [-0.3, -0.25) is 4.79 Å². The van der Waals surface area contributed by atoms with E-state index in [2.05, 4.69) is 26.3 Å². The standard InChI is InChI=1S/C20H15BrF3N3O3/c1-30-19(29)17(12-2-6-14(21)7-3-12)25-18(28)13-4-8-15(9-5-13)27-11-10-16(26-27)20(22,23)24/h2-11,17H,1H3,(H,25,28).